The van der Waals surface area contributed by atoms with Gasteiger partial charge in [0, 0.05) is 17.7 Å². The lowest BCUT2D eigenvalue weighted by atomic mass is 9.86. The summed E-state index contributed by atoms with van der Waals surface area (Å²) >= 11 is 0. The SMILES string of the molecule is Cc1[nH]c(C2CCC(N)CC2)nc1C(C)C. The van der Waals surface area contributed by atoms with Gasteiger partial charge >= 0.3 is 0 Å². The van der Waals surface area contributed by atoms with Gasteiger partial charge in [-0.15, -0.1) is 0 Å². The van der Waals surface area contributed by atoms with Crippen LogP contribution in [0.3, 0.4) is 0 Å². The Balaban J connectivity index is 2.12. The van der Waals surface area contributed by atoms with Crippen molar-refractivity contribution in [2.75, 3.05) is 0 Å². The summed E-state index contributed by atoms with van der Waals surface area (Å²) in [4.78, 5) is 8.22. The molecule has 0 bridgehead atoms. The number of H-pyrrole nitrogens is 1. The number of aromatic nitrogens is 2. The number of nitrogens with one attached hydrogen (secondary N) is 1. The molecular formula is C13H23N3. The third-order valence-corrected chi connectivity index (χ3v) is 3.65. The van der Waals surface area contributed by atoms with Crippen molar-refractivity contribution in [2.45, 2.75) is 64.3 Å². The van der Waals surface area contributed by atoms with Crippen molar-refractivity contribution in [3.63, 3.8) is 0 Å². The van der Waals surface area contributed by atoms with E-state index in [0.29, 0.717) is 17.9 Å². The average Bonchev–Trinajstić information content (AvgIpc) is 2.61. The molecule has 1 heterocycles. The van der Waals surface area contributed by atoms with Gasteiger partial charge < -0.3 is 10.7 Å². The smallest absolute Gasteiger partial charge is 0.109 e. The van der Waals surface area contributed by atoms with Gasteiger partial charge in [-0.2, -0.15) is 0 Å². The highest BCUT2D eigenvalue weighted by atomic mass is 14.9. The Morgan fingerprint density at radius 2 is 1.88 bits per heavy atom. The summed E-state index contributed by atoms with van der Waals surface area (Å²) in [5, 5.41) is 0. The van der Waals surface area contributed by atoms with Gasteiger partial charge in [0.1, 0.15) is 5.82 Å². The van der Waals surface area contributed by atoms with Gasteiger partial charge in [-0.25, -0.2) is 4.98 Å². The summed E-state index contributed by atoms with van der Waals surface area (Å²) < 4.78 is 0. The molecule has 1 aliphatic rings. The number of aromatic amines is 1. The number of hydrogen-bond donors (Lipinski definition) is 2. The van der Waals surface area contributed by atoms with E-state index in [1.54, 1.807) is 0 Å². The second-order valence-electron chi connectivity index (χ2n) is 5.40. The van der Waals surface area contributed by atoms with Crippen LogP contribution in [0.5, 0.6) is 0 Å². The third-order valence-electron chi connectivity index (χ3n) is 3.65. The zero-order chi connectivity index (χ0) is 11.7. The van der Waals surface area contributed by atoms with Crippen LogP contribution in [0.2, 0.25) is 0 Å². The summed E-state index contributed by atoms with van der Waals surface area (Å²) in [5.41, 5.74) is 8.39. The summed E-state index contributed by atoms with van der Waals surface area (Å²) in [6.07, 6.45) is 4.65. The molecule has 0 atom stereocenters. The van der Waals surface area contributed by atoms with Crippen LogP contribution < -0.4 is 5.73 Å². The number of nitrogens with zero attached hydrogens (tertiary/aromatic N) is 1. The molecule has 0 amide bonds. The lowest BCUT2D eigenvalue weighted by molar-refractivity contribution is 0.386. The first-order chi connectivity index (χ1) is 7.58. The quantitative estimate of drug-likeness (QED) is 0.807. The van der Waals surface area contributed by atoms with Crippen molar-refractivity contribution >= 4 is 0 Å². The molecule has 0 radical (unpaired) electrons. The molecule has 3 nitrogen and oxygen atoms in total. The van der Waals surface area contributed by atoms with E-state index in [2.05, 4.69) is 25.8 Å². The van der Waals surface area contributed by atoms with Crippen LogP contribution in [-0.2, 0) is 0 Å². The Hall–Kier alpha value is -0.830. The van der Waals surface area contributed by atoms with Gasteiger partial charge in [-0.05, 0) is 38.5 Å². The normalized spacial score (nSPS) is 26.3. The number of nitrogens with two attached hydrogens (primary N) is 1. The van der Waals surface area contributed by atoms with Gasteiger partial charge in [0.05, 0.1) is 5.69 Å². The standard InChI is InChI=1S/C13H23N3/c1-8(2)12-9(3)15-13(16-12)10-4-6-11(14)7-5-10/h8,10-11H,4-7,14H2,1-3H3,(H,15,16). The highest BCUT2D eigenvalue weighted by Crippen LogP contribution is 2.31. The largest absolute Gasteiger partial charge is 0.346 e. The molecule has 1 saturated carbocycles. The molecule has 16 heavy (non-hydrogen) atoms. The summed E-state index contributed by atoms with van der Waals surface area (Å²) in [5.74, 6) is 2.30. The predicted octanol–water partition coefficient (Wildman–Crippen LogP) is 2.83. The second-order valence-corrected chi connectivity index (χ2v) is 5.40. The van der Waals surface area contributed by atoms with E-state index in [9.17, 15) is 0 Å². The maximum atomic E-state index is 5.93. The molecule has 90 valence electrons. The van der Waals surface area contributed by atoms with Crippen molar-refractivity contribution < 1.29 is 0 Å². The molecule has 3 heteroatoms. The van der Waals surface area contributed by atoms with Gasteiger partial charge in [-0.3, -0.25) is 0 Å². The van der Waals surface area contributed by atoms with E-state index in [0.717, 1.165) is 12.8 Å². The van der Waals surface area contributed by atoms with Crippen LogP contribution >= 0.6 is 0 Å². The fraction of sp³-hybridized carbons (Fsp3) is 0.769. The Bertz CT molecular complexity index is 346. The molecule has 1 aromatic heterocycles. The first-order valence-electron chi connectivity index (χ1n) is 6.40. The minimum absolute atomic E-state index is 0.414. The lowest BCUT2D eigenvalue weighted by Crippen LogP contribution is -2.26. The molecule has 0 saturated heterocycles. The summed E-state index contributed by atoms with van der Waals surface area (Å²) in [6, 6.07) is 0.414. The molecule has 1 aromatic rings. The van der Waals surface area contributed by atoms with E-state index in [4.69, 9.17) is 10.7 Å². The third kappa shape index (κ3) is 2.29. The Morgan fingerprint density at radius 1 is 1.25 bits per heavy atom. The lowest BCUT2D eigenvalue weighted by Gasteiger charge is -2.24. The van der Waals surface area contributed by atoms with Crippen LogP contribution in [0.15, 0.2) is 0 Å². The van der Waals surface area contributed by atoms with Gasteiger partial charge in [0.15, 0.2) is 0 Å². The van der Waals surface area contributed by atoms with Gasteiger partial charge in [0.25, 0.3) is 0 Å². The van der Waals surface area contributed by atoms with Crippen molar-refractivity contribution in [2.24, 2.45) is 5.73 Å². The minimum atomic E-state index is 0.414. The van der Waals surface area contributed by atoms with Crippen molar-refractivity contribution in [3.8, 4) is 0 Å². The van der Waals surface area contributed by atoms with E-state index < -0.39 is 0 Å². The van der Waals surface area contributed by atoms with E-state index in [1.807, 2.05) is 0 Å². The number of aryl methyl sites for hydroxylation is 1. The molecule has 2 rings (SSSR count). The van der Waals surface area contributed by atoms with Crippen molar-refractivity contribution in [3.05, 3.63) is 17.2 Å². The number of rotatable bonds is 2. The highest BCUT2D eigenvalue weighted by molar-refractivity contribution is 5.18. The monoisotopic (exact) mass is 221 g/mol. The van der Waals surface area contributed by atoms with E-state index >= 15 is 0 Å². The van der Waals surface area contributed by atoms with Crippen molar-refractivity contribution in [1.29, 1.82) is 0 Å². The van der Waals surface area contributed by atoms with Gasteiger partial charge in [0.2, 0.25) is 0 Å². The fourth-order valence-electron chi connectivity index (χ4n) is 2.65. The maximum Gasteiger partial charge on any atom is 0.109 e. The molecule has 3 N–H and O–H groups in total. The predicted molar refractivity (Wildman–Crippen MR) is 66.6 cm³/mol. The van der Waals surface area contributed by atoms with Crippen LogP contribution in [-0.4, -0.2) is 16.0 Å². The zero-order valence-electron chi connectivity index (χ0n) is 10.6. The zero-order valence-corrected chi connectivity index (χ0v) is 10.6. The minimum Gasteiger partial charge on any atom is -0.346 e. The summed E-state index contributed by atoms with van der Waals surface area (Å²) in [7, 11) is 0. The fourth-order valence-corrected chi connectivity index (χ4v) is 2.65. The second kappa shape index (κ2) is 4.58. The van der Waals surface area contributed by atoms with Crippen LogP contribution in [0.1, 0.15) is 68.6 Å². The molecule has 0 unspecified atom stereocenters. The van der Waals surface area contributed by atoms with Crippen LogP contribution in [0.4, 0.5) is 0 Å². The highest BCUT2D eigenvalue weighted by Gasteiger charge is 2.23. The van der Waals surface area contributed by atoms with Crippen LogP contribution in [0.25, 0.3) is 0 Å². The summed E-state index contributed by atoms with van der Waals surface area (Å²) in [6.45, 7) is 6.52. The first kappa shape index (κ1) is 11.6. The Kier molecular flexibility index (Phi) is 3.33. The van der Waals surface area contributed by atoms with Gasteiger partial charge in [-0.1, -0.05) is 13.8 Å². The Labute approximate surface area is 97.8 Å². The topological polar surface area (TPSA) is 54.7 Å². The van der Waals surface area contributed by atoms with Crippen LogP contribution in [0, 0.1) is 6.92 Å². The number of imidazole rings is 1. The maximum absolute atomic E-state index is 5.93. The van der Waals surface area contributed by atoms with E-state index in [1.165, 1.54) is 30.1 Å². The average molecular weight is 221 g/mol. The molecule has 0 aliphatic heterocycles. The molecule has 1 aliphatic carbocycles. The van der Waals surface area contributed by atoms with E-state index in [-0.39, 0.29) is 0 Å². The number of hydrogen-bond acceptors (Lipinski definition) is 2. The molecular weight excluding hydrogens is 198 g/mol. The molecule has 1 fully saturated rings. The van der Waals surface area contributed by atoms with Crippen molar-refractivity contribution in [1.82, 2.24) is 9.97 Å². The molecule has 0 aromatic carbocycles. The Morgan fingerprint density at radius 3 is 2.38 bits per heavy atom. The first-order valence-corrected chi connectivity index (χ1v) is 6.40. The molecule has 0 spiro atoms.